The molecule has 1 aromatic carbocycles. The van der Waals surface area contributed by atoms with E-state index in [-0.39, 0.29) is 17.3 Å². The smallest absolute Gasteiger partial charge is 0.410 e. The lowest BCUT2D eigenvalue weighted by Gasteiger charge is -2.38. The first kappa shape index (κ1) is 18.3. The number of rotatable bonds is 2. The molecule has 1 fully saturated rings. The zero-order chi connectivity index (χ0) is 18.1. The summed E-state index contributed by atoms with van der Waals surface area (Å²) < 4.78 is 32.0. The van der Waals surface area contributed by atoms with Crippen LogP contribution in [-0.4, -0.2) is 42.8 Å². The SMILES string of the molecule is CC(C)(C)OC(=O)N1CCN(c2ccc(C(C)(F)F)cc2[NH-])CC1. The molecule has 2 rings (SSSR count). The highest BCUT2D eigenvalue weighted by Crippen LogP contribution is 2.35. The van der Waals surface area contributed by atoms with Gasteiger partial charge in [0.25, 0.3) is 5.92 Å². The van der Waals surface area contributed by atoms with Gasteiger partial charge in [-0.2, -0.15) is 0 Å². The predicted molar refractivity (Wildman–Crippen MR) is 90.0 cm³/mol. The number of hydrogen-bond acceptors (Lipinski definition) is 3. The third kappa shape index (κ3) is 4.49. The molecular formula is C17H24F2N3O2-. The number of piperazine rings is 1. The molecule has 134 valence electrons. The minimum Gasteiger partial charge on any atom is -0.697 e. The third-order valence-electron chi connectivity index (χ3n) is 3.78. The zero-order valence-corrected chi connectivity index (χ0v) is 14.5. The first-order valence-corrected chi connectivity index (χ1v) is 7.94. The number of nitrogens with one attached hydrogen (secondary N) is 1. The Bertz CT molecular complexity index is 601. The van der Waals surface area contributed by atoms with Crippen LogP contribution < -0.4 is 4.90 Å². The number of nitrogens with zero attached hydrogens (tertiary/aromatic N) is 2. The van der Waals surface area contributed by atoms with Crippen LogP contribution in [0.25, 0.3) is 5.73 Å². The summed E-state index contributed by atoms with van der Waals surface area (Å²) >= 11 is 0. The summed E-state index contributed by atoms with van der Waals surface area (Å²) in [6, 6.07) is 4.11. The molecule has 0 bridgehead atoms. The van der Waals surface area contributed by atoms with Crippen molar-refractivity contribution >= 4 is 17.5 Å². The van der Waals surface area contributed by atoms with E-state index >= 15 is 0 Å². The van der Waals surface area contributed by atoms with Gasteiger partial charge in [0.05, 0.1) is 0 Å². The van der Waals surface area contributed by atoms with Crippen LogP contribution in [0.3, 0.4) is 0 Å². The van der Waals surface area contributed by atoms with Crippen molar-refractivity contribution in [3.05, 3.63) is 29.5 Å². The van der Waals surface area contributed by atoms with Crippen LogP contribution in [0.1, 0.15) is 33.3 Å². The second-order valence-corrected chi connectivity index (χ2v) is 7.07. The van der Waals surface area contributed by atoms with Crippen LogP contribution in [0.15, 0.2) is 18.2 Å². The number of alkyl halides is 2. The predicted octanol–water partition coefficient (Wildman–Crippen LogP) is 4.54. The van der Waals surface area contributed by atoms with Gasteiger partial charge < -0.3 is 20.3 Å². The first-order valence-electron chi connectivity index (χ1n) is 7.94. The van der Waals surface area contributed by atoms with Crippen molar-refractivity contribution in [2.45, 2.75) is 39.2 Å². The number of amides is 1. The molecule has 24 heavy (non-hydrogen) atoms. The standard InChI is InChI=1S/C17H24F2N3O2/c1-16(2,3)24-15(23)22-9-7-21(8-10-22)14-6-5-12(11-13(14)20)17(4,18)19/h5-6,11,20H,7-10H2,1-4H3/q-1. The van der Waals surface area contributed by atoms with Gasteiger partial charge in [0.15, 0.2) is 0 Å². The Hall–Kier alpha value is -2.05. The molecule has 0 saturated carbocycles. The summed E-state index contributed by atoms with van der Waals surface area (Å²) in [6.07, 6.45) is -0.353. The maximum absolute atomic E-state index is 13.3. The third-order valence-corrected chi connectivity index (χ3v) is 3.78. The van der Waals surface area contributed by atoms with Gasteiger partial charge in [0.2, 0.25) is 0 Å². The van der Waals surface area contributed by atoms with E-state index in [4.69, 9.17) is 10.5 Å². The number of ether oxygens (including phenoxy) is 1. The minimum atomic E-state index is -2.95. The molecule has 1 N–H and O–H groups in total. The molecule has 1 amide bonds. The molecule has 0 radical (unpaired) electrons. The van der Waals surface area contributed by atoms with Crippen LogP contribution in [0, 0.1) is 0 Å². The fourth-order valence-electron chi connectivity index (χ4n) is 2.54. The molecule has 0 spiro atoms. The molecular weight excluding hydrogens is 316 g/mol. The first-order chi connectivity index (χ1) is 11.0. The number of anilines is 1. The molecule has 7 heteroatoms. The van der Waals surface area contributed by atoms with Crippen molar-refractivity contribution in [2.24, 2.45) is 0 Å². The summed E-state index contributed by atoms with van der Waals surface area (Å²) in [5.41, 5.74) is 7.97. The van der Waals surface area contributed by atoms with Crippen molar-refractivity contribution in [2.75, 3.05) is 31.1 Å². The maximum Gasteiger partial charge on any atom is 0.410 e. The van der Waals surface area contributed by atoms with Crippen LogP contribution in [0.4, 0.5) is 25.0 Å². The summed E-state index contributed by atoms with van der Waals surface area (Å²) in [7, 11) is 0. The topological polar surface area (TPSA) is 56.6 Å². The van der Waals surface area contributed by atoms with Gasteiger partial charge in [-0.05, 0) is 26.8 Å². The van der Waals surface area contributed by atoms with E-state index in [2.05, 4.69) is 0 Å². The van der Waals surface area contributed by atoms with Gasteiger partial charge in [0.1, 0.15) is 5.60 Å². The summed E-state index contributed by atoms with van der Waals surface area (Å²) in [5.74, 6) is -2.95. The summed E-state index contributed by atoms with van der Waals surface area (Å²) in [4.78, 5) is 15.6. The largest absolute Gasteiger partial charge is 0.697 e. The van der Waals surface area contributed by atoms with Crippen LogP contribution >= 0.6 is 0 Å². The quantitative estimate of drug-likeness (QED) is 0.794. The molecule has 1 heterocycles. The van der Waals surface area contributed by atoms with Crippen molar-refractivity contribution < 1.29 is 18.3 Å². The number of hydrogen-bond donors (Lipinski definition) is 0. The van der Waals surface area contributed by atoms with Gasteiger partial charge in [-0.3, -0.25) is 0 Å². The fraction of sp³-hybridized carbons (Fsp3) is 0.588. The van der Waals surface area contributed by atoms with E-state index in [1.165, 1.54) is 12.1 Å². The summed E-state index contributed by atoms with van der Waals surface area (Å²) in [5, 5.41) is 0. The molecule has 1 aliphatic rings. The molecule has 0 atom stereocenters. The Morgan fingerprint density at radius 1 is 1.12 bits per heavy atom. The Balaban J connectivity index is 2.01. The molecule has 1 saturated heterocycles. The van der Waals surface area contributed by atoms with Crippen LogP contribution in [0.5, 0.6) is 0 Å². The van der Waals surface area contributed by atoms with Crippen molar-refractivity contribution in [3.8, 4) is 0 Å². The van der Waals surface area contributed by atoms with Gasteiger partial charge in [-0.15, -0.1) is 5.69 Å². The highest BCUT2D eigenvalue weighted by Gasteiger charge is 2.27. The van der Waals surface area contributed by atoms with Crippen LogP contribution in [0.2, 0.25) is 0 Å². The molecule has 0 aliphatic carbocycles. The number of benzene rings is 1. The van der Waals surface area contributed by atoms with Crippen LogP contribution in [-0.2, 0) is 10.7 Å². The summed E-state index contributed by atoms with van der Waals surface area (Å²) in [6.45, 7) is 8.29. The van der Waals surface area contributed by atoms with Gasteiger partial charge in [-0.25, -0.2) is 13.6 Å². The van der Waals surface area contributed by atoms with E-state index in [0.717, 1.165) is 6.92 Å². The lowest BCUT2D eigenvalue weighted by atomic mass is 10.1. The highest BCUT2D eigenvalue weighted by molar-refractivity contribution is 5.72. The average Bonchev–Trinajstić information content (AvgIpc) is 2.44. The molecule has 5 nitrogen and oxygen atoms in total. The Morgan fingerprint density at radius 2 is 1.71 bits per heavy atom. The number of carbonyl (C=O) groups excluding carboxylic acids is 1. The molecule has 0 unspecified atom stereocenters. The van der Waals surface area contributed by atoms with Crippen molar-refractivity contribution in [3.63, 3.8) is 0 Å². The lowest BCUT2D eigenvalue weighted by molar-refractivity contribution is 0.0174. The van der Waals surface area contributed by atoms with Crippen molar-refractivity contribution in [1.29, 1.82) is 0 Å². The molecule has 1 aliphatic heterocycles. The van der Waals surface area contributed by atoms with E-state index in [1.807, 2.05) is 25.7 Å². The zero-order valence-electron chi connectivity index (χ0n) is 14.5. The number of carbonyl (C=O) groups is 1. The second-order valence-electron chi connectivity index (χ2n) is 7.07. The van der Waals surface area contributed by atoms with Gasteiger partial charge in [-0.1, -0.05) is 12.1 Å². The van der Waals surface area contributed by atoms with Crippen molar-refractivity contribution in [1.82, 2.24) is 4.90 Å². The lowest BCUT2D eigenvalue weighted by Crippen LogP contribution is -2.50. The Morgan fingerprint density at radius 3 is 2.17 bits per heavy atom. The van der Waals surface area contributed by atoms with Gasteiger partial charge in [0, 0.05) is 44.4 Å². The minimum absolute atomic E-state index is 0.0692. The molecule has 1 aromatic rings. The Labute approximate surface area is 141 Å². The fourth-order valence-corrected chi connectivity index (χ4v) is 2.54. The number of halogens is 2. The second kappa shape index (κ2) is 6.45. The van der Waals surface area contributed by atoms with E-state index in [9.17, 15) is 13.6 Å². The highest BCUT2D eigenvalue weighted by atomic mass is 19.3. The monoisotopic (exact) mass is 340 g/mol. The Kier molecular flexibility index (Phi) is 4.92. The van der Waals surface area contributed by atoms with E-state index in [0.29, 0.717) is 31.9 Å². The normalized spacial score (nSPS) is 16.2. The maximum atomic E-state index is 13.3. The molecule has 0 aromatic heterocycles. The van der Waals surface area contributed by atoms with E-state index in [1.54, 1.807) is 11.0 Å². The average molecular weight is 340 g/mol. The van der Waals surface area contributed by atoms with E-state index < -0.39 is 11.5 Å². The van der Waals surface area contributed by atoms with Gasteiger partial charge >= 0.3 is 6.09 Å².